The standard InChI is InChI=1S/C15H22N2O2S2/c1-2-3-10-17(14-9-11-21(18,19)12-14)15(20)16-13-7-5-4-6-8-13/h4-8,14H,2-3,9-12H2,1H3,(H,16,20)/t14-/m1/s1. The van der Waals surface area contributed by atoms with E-state index in [-0.39, 0.29) is 17.5 Å². The zero-order chi connectivity index (χ0) is 15.3. The van der Waals surface area contributed by atoms with E-state index in [1.807, 2.05) is 30.3 Å². The second kappa shape index (κ2) is 7.22. The number of para-hydroxylation sites is 1. The average molecular weight is 326 g/mol. The molecule has 21 heavy (non-hydrogen) atoms. The lowest BCUT2D eigenvalue weighted by atomic mass is 10.2. The number of anilines is 1. The van der Waals surface area contributed by atoms with Gasteiger partial charge in [0.15, 0.2) is 14.9 Å². The molecule has 0 amide bonds. The summed E-state index contributed by atoms with van der Waals surface area (Å²) in [6.07, 6.45) is 2.74. The van der Waals surface area contributed by atoms with Crippen molar-refractivity contribution in [1.82, 2.24) is 4.90 Å². The number of benzene rings is 1. The Labute approximate surface area is 132 Å². The van der Waals surface area contributed by atoms with Crippen LogP contribution in [0.3, 0.4) is 0 Å². The Bertz CT molecular complexity index is 573. The van der Waals surface area contributed by atoms with E-state index in [1.54, 1.807) is 0 Å². The molecule has 1 aliphatic heterocycles. The average Bonchev–Trinajstić information content (AvgIpc) is 2.80. The Morgan fingerprint density at radius 2 is 2.10 bits per heavy atom. The highest BCUT2D eigenvalue weighted by Crippen LogP contribution is 2.20. The van der Waals surface area contributed by atoms with Gasteiger partial charge in [-0.25, -0.2) is 8.42 Å². The SMILES string of the molecule is CCCCN(C(=S)Nc1ccccc1)[C@@H]1CCS(=O)(=O)C1. The molecular formula is C15H22N2O2S2. The third-order valence-corrected chi connectivity index (χ3v) is 5.77. The van der Waals surface area contributed by atoms with E-state index >= 15 is 0 Å². The van der Waals surface area contributed by atoms with Crippen molar-refractivity contribution in [2.24, 2.45) is 0 Å². The van der Waals surface area contributed by atoms with Gasteiger partial charge in [0.2, 0.25) is 0 Å². The van der Waals surface area contributed by atoms with Gasteiger partial charge in [-0.2, -0.15) is 0 Å². The van der Waals surface area contributed by atoms with Crippen LogP contribution >= 0.6 is 12.2 Å². The molecule has 1 aromatic rings. The van der Waals surface area contributed by atoms with Crippen LogP contribution in [0.2, 0.25) is 0 Å². The van der Waals surface area contributed by atoms with E-state index in [1.165, 1.54) is 0 Å². The Morgan fingerprint density at radius 3 is 2.67 bits per heavy atom. The molecule has 0 aliphatic carbocycles. The van der Waals surface area contributed by atoms with Crippen molar-refractivity contribution in [3.8, 4) is 0 Å². The molecule has 1 atom stereocenters. The molecule has 6 heteroatoms. The Balaban J connectivity index is 2.06. The number of rotatable bonds is 5. The monoisotopic (exact) mass is 326 g/mol. The Kier molecular flexibility index (Phi) is 5.58. The smallest absolute Gasteiger partial charge is 0.173 e. The zero-order valence-electron chi connectivity index (χ0n) is 12.3. The number of thiocarbonyl (C=S) groups is 1. The Hall–Kier alpha value is -1.14. The van der Waals surface area contributed by atoms with E-state index in [0.29, 0.717) is 11.5 Å². The van der Waals surface area contributed by atoms with Gasteiger partial charge in [-0.15, -0.1) is 0 Å². The van der Waals surface area contributed by atoms with E-state index in [4.69, 9.17) is 12.2 Å². The van der Waals surface area contributed by atoms with Crippen LogP contribution in [-0.2, 0) is 9.84 Å². The van der Waals surface area contributed by atoms with Crippen LogP contribution in [0.15, 0.2) is 30.3 Å². The van der Waals surface area contributed by atoms with Gasteiger partial charge in [0.05, 0.1) is 11.5 Å². The molecule has 0 saturated carbocycles. The molecule has 4 nitrogen and oxygen atoms in total. The summed E-state index contributed by atoms with van der Waals surface area (Å²) in [4.78, 5) is 2.05. The van der Waals surface area contributed by atoms with Crippen molar-refractivity contribution < 1.29 is 8.42 Å². The fraction of sp³-hybridized carbons (Fsp3) is 0.533. The second-order valence-electron chi connectivity index (χ2n) is 5.40. The number of hydrogen-bond donors (Lipinski definition) is 1. The van der Waals surface area contributed by atoms with E-state index < -0.39 is 9.84 Å². The molecule has 1 fully saturated rings. The predicted octanol–water partition coefficient (Wildman–Crippen LogP) is 2.67. The molecule has 1 aliphatic rings. The van der Waals surface area contributed by atoms with Gasteiger partial charge in [-0.05, 0) is 37.2 Å². The molecule has 116 valence electrons. The van der Waals surface area contributed by atoms with Crippen LogP contribution in [0.5, 0.6) is 0 Å². The number of sulfone groups is 1. The maximum atomic E-state index is 11.7. The summed E-state index contributed by atoms with van der Waals surface area (Å²) in [5.41, 5.74) is 0.935. The van der Waals surface area contributed by atoms with Crippen LogP contribution in [0, 0.1) is 0 Å². The largest absolute Gasteiger partial charge is 0.345 e. The van der Waals surface area contributed by atoms with Crippen molar-refractivity contribution in [3.63, 3.8) is 0 Å². The lowest BCUT2D eigenvalue weighted by molar-refractivity contribution is 0.333. The second-order valence-corrected chi connectivity index (χ2v) is 8.02. The van der Waals surface area contributed by atoms with E-state index in [9.17, 15) is 8.42 Å². The van der Waals surface area contributed by atoms with Gasteiger partial charge in [0.1, 0.15) is 0 Å². The minimum atomic E-state index is -2.90. The molecule has 0 bridgehead atoms. The van der Waals surface area contributed by atoms with Crippen molar-refractivity contribution in [3.05, 3.63) is 30.3 Å². The van der Waals surface area contributed by atoms with E-state index in [0.717, 1.165) is 25.1 Å². The summed E-state index contributed by atoms with van der Waals surface area (Å²) in [6, 6.07) is 9.76. The first-order chi connectivity index (χ1) is 10.0. The number of nitrogens with one attached hydrogen (secondary N) is 1. The highest BCUT2D eigenvalue weighted by atomic mass is 32.2. The van der Waals surface area contributed by atoms with Gasteiger partial charge in [0.25, 0.3) is 0 Å². The molecule has 0 radical (unpaired) electrons. The van der Waals surface area contributed by atoms with Gasteiger partial charge in [-0.1, -0.05) is 31.5 Å². The molecule has 0 aromatic heterocycles. The minimum Gasteiger partial charge on any atom is -0.345 e. The highest BCUT2D eigenvalue weighted by molar-refractivity contribution is 7.91. The molecule has 1 heterocycles. The molecule has 1 N–H and O–H groups in total. The van der Waals surface area contributed by atoms with E-state index in [2.05, 4.69) is 17.1 Å². The number of unbranched alkanes of at least 4 members (excludes halogenated alkanes) is 1. The van der Waals surface area contributed by atoms with Crippen molar-refractivity contribution in [2.75, 3.05) is 23.4 Å². The molecule has 1 saturated heterocycles. The molecule has 0 unspecified atom stereocenters. The number of hydrogen-bond acceptors (Lipinski definition) is 3. The van der Waals surface area contributed by atoms with Crippen molar-refractivity contribution in [1.29, 1.82) is 0 Å². The summed E-state index contributed by atoms with van der Waals surface area (Å²) < 4.78 is 23.4. The summed E-state index contributed by atoms with van der Waals surface area (Å²) in [7, 11) is -2.90. The maximum Gasteiger partial charge on any atom is 0.173 e. The van der Waals surface area contributed by atoms with Crippen LogP contribution in [0.25, 0.3) is 0 Å². The molecule has 1 aromatic carbocycles. The first-order valence-electron chi connectivity index (χ1n) is 7.35. The lowest BCUT2D eigenvalue weighted by Gasteiger charge is -2.31. The Morgan fingerprint density at radius 1 is 1.38 bits per heavy atom. The summed E-state index contributed by atoms with van der Waals surface area (Å²) in [5.74, 6) is 0.488. The van der Waals surface area contributed by atoms with Gasteiger partial charge in [-0.3, -0.25) is 0 Å². The quantitative estimate of drug-likeness (QED) is 0.843. The van der Waals surface area contributed by atoms with Gasteiger partial charge >= 0.3 is 0 Å². The summed E-state index contributed by atoms with van der Waals surface area (Å²) in [5, 5.41) is 3.84. The summed E-state index contributed by atoms with van der Waals surface area (Å²) in [6.45, 7) is 2.92. The van der Waals surface area contributed by atoms with Gasteiger partial charge < -0.3 is 10.2 Å². The molecule has 0 spiro atoms. The first kappa shape index (κ1) is 16.2. The highest BCUT2D eigenvalue weighted by Gasteiger charge is 2.33. The van der Waals surface area contributed by atoms with Crippen molar-refractivity contribution >= 4 is 32.9 Å². The zero-order valence-corrected chi connectivity index (χ0v) is 13.9. The van der Waals surface area contributed by atoms with Crippen molar-refractivity contribution in [2.45, 2.75) is 32.2 Å². The topological polar surface area (TPSA) is 49.4 Å². The third kappa shape index (κ3) is 4.68. The van der Waals surface area contributed by atoms with Crippen LogP contribution in [0.4, 0.5) is 5.69 Å². The minimum absolute atomic E-state index is 0.00487. The maximum absolute atomic E-state index is 11.7. The number of nitrogens with zero attached hydrogens (tertiary/aromatic N) is 1. The van der Waals surface area contributed by atoms with Crippen LogP contribution in [-0.4, -0.2) is 42.5 Å². The van der Waals surface area contributed by atoms with Gasteiger partial charge in [0, 0.05) is 18.3 Å². The molecule has 2 rings (SSSR count). The van der Waals surface area contributed by atoms with Crippen LogP contribution < -0.4 is 5.32 Å². The fourth-order valence-corrected chi connectivity index (χ4v) is 4.61. The fourth-order valence-electron chi connectivity index (χ4n) is 2.52. The normalized spacial score (nSPS) is 20.1. The lowest BCUT2D eigenvalue weighted by Crippen LogP contribution is -2.44. The first-order valence-corrected chi connectivity index (χ1v) is 9.58. The molecular weight excluding hydrogens is 304 g/mol. The summed E-state index contributed by atoms with van der Waals surface area (Å²) >= 11 is 5.50. The predicted molar refractivity (Wildman–Crippen MR) is 91.3 cm³/mol. The third-order valence-electron chi connectivity index (χ3n) is 3.69. The van der Waals surface area contributed by atoms with Crippen LogP contribution in [0.1, 0.15) is 26.2 Å².